The second kappa shape index (κ2) is 8.07. The Morgan fingerprint density at radius 2 is 1.82 bits per heavy atom. The van der Waals surface area contributed by atoms with Gasteiger partial charge in [0.05, 0.1) is 23.2 Å². The van der Waals surface area contributed by atoms with Gasteiger partial charge in [-0.05, 0) is 60.5 Å². The Labute approximate surface area is 195 Å². The molecule has 1 aromatic heterocycles. The number of carbonyl (C=O) groups excluding carboxylic acids is 1. The lowest BCUT2D eigenvalue weighted by Gasteiger charge is -2.18. The molecule has 4 aromatic rings. The molecule has 0 aliphatic carbocycles. The predicted octanol–water partition coefficient (Wildman–Crippen LogP) is 3.14. The number of hydrogen-bond donors (Lipinski definition) is 1. The summed E-state index contributed by atoms with van der Waals surface area (Å²) in [5.74, 6) is -0.0910. The van der Waals surface area contributed by atoms with Crippen LogP contribution in [0.1, 0.15) is 15.9 Å². The number of sulfonamides is 1. The molecule has 174 valence electrons. The van der Waals surface area contributed by atoms with Crippen LogP contribution in [-0.2, 0) is 23.5 Å². The molecule has 5 rings (SSSR count). The van der Waals surface area contributed by atoms with E-state index in [1.165, 1.54) is 22.8 Å². The number of methoxy groups -OCH3 is 1. The number of aromatic nitrogens is 1. The number of rotatable bonds is 5. The standard InChI is InChI=1S/C24H21N3O6S/c1-26-20-10-9-19(14-22(20)33-24(26)29)34(30,31)25-17-6-3-15-11-12-27(21(15)13-17)23(28)16-4-7-18(32-2)8-5-16/h3-10,13-14,25H,11-12H2,1-2H3. The molecule has 0 unspecified atom stereocenters. The maximum atomic E-state index is 13.1. The van der Waals surface area contributed by atoms with Crippen LogP contribution in [-0.4, -0.2) is 32.5 Å². The molecule has 1 aliphatic heterocycles. The number of amides is 1. The number of anilines is 2. The van der Waals surface area contributed by atoms with Crippen molar-refractivity contribution in [2.24, 2.45) is 7.05 Å². The third kappa shape index (κ3) is 3.71. The summed E-state index contributed by atoms with van der Waals surface area (Å²) in [6.07, 6.45) is 0.675. The molecular formula is C24H21N3O6S. The summed E-state index contributed by atoms with van der Waals surface area (Å²) in [5.41, 5.74) is 3.12. The summed E-state index contributed by atoms with van der Waals surface area (Å²) >= 11 is 0. The third-order valence-electron chi connectivity index (χ3n) is 5.89. The first-order valence-electron chi connectivity index (χ1n) is 10.5. The van der Waals surface area contributed by atoms with Crippen molar-refractivity contribution in [1.82, 2.24) is 4.57 Å². The molecule has 1 aliphatic rings. The van der Waals surface area contributed by atoms with Crippen molar-refractivity contribution in [3.63, 3.8) is 0 Å². The van der Waals surface area contributed by atoms with Gasteiger partial charge >= 0.3 is 5.76 Å². The topological polar surface area (TPSA) is 111 Å². The zero-order valence-corrected chi connectivity index (χ0v) is 19.3. The Hall–Kier alpha value is -4.05. The smallest absolute Gasteiger partial charge is 0.419 e. The van der Waals surface area contributed by atoms with Crippen molar-refractivity contribution in [3.05, 3.63) is 82.3 Å². The van der Waals surface area contributed by atoms with Gasteiger partial charge in [0.2, 0.25) is 0 Å². The van der Waals surface area contributed by atoms with Crippen molar-refractivity contribution < 1.29 is 22.4 Å². The normalized spacial score (nSPS) is 13.2. The van der Waals surface area contributed by atoms with E-state index in [1.54, 1.807) is 55.5 Å². The average Bonchev–Trinajstić information content (AvgIpc) is 3.38. The van der Waals surface area contributed by atoms with Crippen molar-refractivity contribution in [1.29, 1.82) is 0 Å². The van der Waals surface area contributed by atoms with Gasteiger partial charge < -0.3 is 14.1 Å². The van der Waals surface area contributed by atoms with Gasteiger partial charge in [0.15, 0.2) is 5.58 Å². The summed E-state index contributed by atoms with van der Waals surface area (Å²) in [7, 11) is -0.857. The van der Waals surface area contributed by atoms with Crippen LogP contribution in [0.15, 0.2) is 74.8 Å². The fourth-order valence-electron chi connectivity index (χ4n) is 4.04. The van der Waals surface area contributed by atoms with Crippen LogP contribution in [0.25, 0.3) is 11.1 Å². The van der Waals surface area contributed by atoms with E-state index < -0.39 is 15.8 Å². The van der Waals surface area contributed by atoms with Gasteiger partial charge in [-0.15, -0.1) is 0 Å². The molecule has 34 heavy (non-hydrogen) atoms. The van der Waals surface area contributed by atoms with Crippen molar-refractivity contribution in [2.75, 3.05) is 23.3 Å². The van der Waals surface area contributed by atoms with Crippen molar-refractivity contribution in [3.8, 4) is 5.75 Å². The van der Waals surface area contributed by atoms with Crippen LogP contribution in [0.3, 0.4) is 0 Å². The van der Waals surface area contributed by atoms with E-state index in [-0.39, 0.29) is 16.4 Å². The number of benzene rings is 3. The highest BCUT2D eigenvalue weighted by atomic mass is 32.2. The second-order valence-corrected chi connectivity index (χ2v) is 9.62. The van der Waals surface area contributed by atoms with Gasteiger partial charge in [-0.2, -0.15) is 0 Å². The molecule has 1 N–H and O–H groups in total. The first-order valence-corrected chi connectivity index (χ1v) is 12.0. The summed E-state index contributed by atoms with van der Waals surface area (Å²) in [4.78, 5) is 26.4. The van der Waals surface area contributed by atoms with Gasteiger partial charge in [0.1, 0.15) is 5.75 Å². The number of nitrogens with zero attached hydrogens (tertiary/aromatic N) is 2. The zero-order valence-electron chi connectivity index (χ0n) is 18.4. The van der Waals surface area contributed by atoms with Gasteiger partial charge in [-0.25, -0.2) is 13.2 Å². The van der Waals surface area contributed by atoms with E-state index in [0.717, 1.165) is 5.56 Å². The first-order chi connectivity index (χ1) is 16.3. The molecule has 10 heteroatoms. The lowest BCUT2D eigenvalue weighted by atomic mass is 10.1. The van der Waals surface area contributed by atoms with E-state index in [1.807, 2.05) is 6.07 Å². The predicted molar refractivity (Wildman–Crippen MR) is 127 cm³/mol. The number of fused-ring (bicyclic) bond motifs is 2. The lowest BCUT2D eigenvalue weighted by molar-refractivity contribution is 0.0989. The molecule has 0 radical (unpaired) electrons. The Morgan fingerprint density at radius 1 is 1.06 bits per heavy atom. The lowest BCUT2D eigenvalue weighted by Crippen LogP contribution is -2.28. The van der Waals surface area contributed by atoms with Crippen LogP contribution in [0.5, 0.6) is 5.75 Å². The van der Waals surface area contributed by atoms with E-state index in [0.29, 0.717) is 41.2 Å². The Kier molecular flexibility index (Phi) is 5.17. The van der Waals surface area contributed by atoms with Crippen molar-refractivity contribution >= 4 is 38.4 Å². The van der Waals surface area contributed by atoms with Crippen molar-refractivity contribution in [2.45, 2.75) is 11.3 Å². The number of carbonyl (C=O) groups is 1. The quantitative estimate of drug-likeness (QED) is 0.471. The van der Waals surface area contributed by atoms with Gasteiger partial charge in [-0.1, -0.05) is 6.07 Å². The monoisotopic (exact) mass is 479 g/mol. The van der Waals surface area contributed by atoms with Gasteiger partial charge in [0.25, 0.3) is 15.9 Å². The van der Waals surface area contributed by atoms with E-state index >= 15 is 0 Å². The van der Waals surface area contributed by atoms with Gasteiger partial charge in [-0.3, -0.25) is 14.1 Å². The van der Waals surface area contributed by atoms with Crippen LogP contribution < -0.4 is 20.1 Å². The fourth-order valence-corrected chi connectivity index (χ4v) is 5.10. The zero-order chi connectivity index (χ0) is 24.0. The SMILES string of the molecule is COc1ccc(C(=O)N2CCc3ccc(NS(=O)(=O)c4ccc5c(c4)oc(=O)n5C)cc32)cc1. The van der Waals surface area contributed by atoms with Crippen LogP contribution in [0.4, 0.5) is 11.4 Å². The molecule has 0 spiro atoms. The highest BCUT2D eigenvalue weighted by Crippen LogP contribution is 2.33. The molecule has 0 saturated heterocycles. The molecule has 0 atom stereocenters. The molecule has 1 amide bonds. The molecule has 2 heterocycles. The average molecular weight is 480 g/mol. The number of hydrogen-bond acceptors (Lipinski definition) is 6. The molecule has 3 aromatic carbocycles. The minimum Gasteiger partial charge on any atom is -0.497 e. The Morgan fingerprint density at radius 3 is 2.56 bits per heavy atom. The number of nitrogens with one attached hydrogen (secondary N) is 1. The largest absolute Gasteiger partial charge is 0.497 e. The molecule has 0 bridgehead atoms. The highest BCUT2D eigenvalue weighted by Gasteiger charge is 2.27. The number of ether oxygens (including phenoxy) is 1. The highest BCUT2D eigenvalue weighted by molar-refractivity contribution is 7.92. The van der Waals surface area contributed by atoms with Crippen LogP contribution >= 0.6 is 0 Å². The summed E-state index contributed by atoms with van der Waals surface area (Å²) < 4.78 is 40.1. The maximum absolute atomic E-state index is 13.1. The molecule has 0 fully saturated rings. The molecule has 0 saturated carbocycles. The van der Waals surface area contributed by atoms with Crippen LogP contribution in [0, 0.1) is 0 Å². The van der Waals surface area contributed by atoms with E-state index in [4.69, 9.17) is 9.15 Å². The maximum Gasteiger partial charge on any atom is 0.419 e. The minimum atomic E-state index is -3.96. The molecular weight excluding hydrogens is 458 g/mol. The van der Waals surface area contributed by atoms with E-state index in [9.17, 15) is 18.0 Å². The first kappa shape index (κ1) is 21.8. The Bertz CT molecular complexity index is 1590. The Balaban J connectivity index is 1.43. The minimum absolute atomic E-state index is 0.0407. The van der Waals surface area contributed by atoms with E-state index in [2.05, 4.69) is 4.72 Å². The summed E-state index contributed by atoms with van der Waals surface area (Å²) in [6, 6.07) is 16.2. The number of aryl methyl sites for hydroxylation is 1. The second-order valence-electron chi connectivity index (χ2n) is 7.94. The van der Waals surface area contributed by atoms with Crippen LogP contribution in [0.2, 0.25) is 0 Å². The third-order valence-corrected chi connectivity index (χ3v) is 7.27. The summed E-state index contributed by atoms with van der Waals surface area (Å²) in [5, 5.41) is 0. The summed E-state index contributed by atoms with van der Waals surface area (Å²) in [6.45, 7) is 0.500. The number of oxazole rings is 1. The van der Waals surface area contributed by atoms with Gasteiger partial charge in [0, 0.05) is 30.9 Å². The fraction of sp³-hybridized carbons (Fsp3) is 0.167. The molecule has 9 nitrogen and oxygen atoms in total.